The van der Waals surface area contributed by atoms with Crippen LogP contribution in [0.15, 0.2) is 6.20 Å². The molecule has 1 amide bonds. The third kappa shape index (κ3) is 6.63. The molecule has 2 aromatic heterocycles. The summed E-state index contributed by atoms with van der Waals surface area (Å²) < 4.78 is 0. The molecule has 29 heavy (non-hydrogen) atoms. The predicted octanol–water partition coefficient (Wildman–Crippen LogP) is 1.05. The van der Waals surface area contributed by atoms with E-state index in [1.807, 2.05) is 6.20 Å². The summed E-state index contributed by atoms with van der Waals surface area (Å²) >= 11 is 0. The topological polar surface area (TPSA) is 197 Å². The van der Waals surface area contributed by atoms with Crippen molar-refractivity contribution in [1.82, 2.24) is 20.3 Å². The van der Waals surface area contributed by atoms with Crippen LogP contribution in [0.3, 0.4) is 0 Å². The van der Waals surface area contributed by atoms with Crippen LogP contribution in [0.25, 0.3) is 11.0 Å². The Morgan fingerprint density at radius 1 is 1.07 bits per heavy atom. The lowest BCUT2D eigenvalue weighted by atomic mass is 10.1. The van der Waals surface area contributed by atoms with Gasteiger partial charge in [0.1, 0.15) is 17.5 Å². The summed E-state index contributed by atoms with van der Waals surface area (Å²) in [5.41, 5.74) is 13.1. The zero-order chi connectivity index (χ0) is 21.4. The average Bonchev–Trinajstić information content (AvgIpc) is 3.04. The van der Waals surface area contributed by atoms with E-state index >= 15 is 0 Å². The normalized spacial score (nSPS) is 12.0. The van der Waals surface area contributed by atoms with Crippen molar-refractivity contribution in [3.63, 3.8) is 0 Å². The summed E-state index contributed by atoms with van der Waals surface area (Å²) in [5.74, 6) is -2.26. The number of carbonyl (C=O) groups is 3. The van der Waals surface area contributed by atoms with E-state index in [2.05, 4.69) is 20.3 Å². The third-order valence-corrected chi connectivity index (χ3v) is 4.54. The zero-order valence-electron chi connectivity index (χ0n) is 16.0. The fourth-order valence-corrected chi connectivity index (χ4v) is 3.09. The van der Waals surface area contributed by atoms with Gasteiger partial charge in [0.05, 0.1) is 5.39 Å². The highest BCUT2D eigenvalue weighted by Gasteiger charge is 2.20. The largest absolute Gasteiger partial charge is 0.481 e. The highest BCUT2D eigenvalue weighted by Crippen LogP contribution is 2.24. The van der Waals surface area contributed by atoms with Gasteiger partial charge in [-0.2, -0.15) is 9.97 Å². The molecule has 0 saturated heterocycles. The van der Waals surface area contributed by atoms with E-state index in [0.717, 1.165) is 36.6 Å². The Morgan fingerprint density at radius 3 is 2.48 bits per heavy atom. The highest BCUT2D eigenvalue weighted by molar-refractivity contribution is 5.90. The molecule has 158 valence electrons. The van der Waals surface area contributed by atoms with Crippen molar-refractivity contribution in [2.24, 2.45) is 0 Å². The molecule has 11 heteroatoms. The Balaban J connectivity index is 1.69. The van der Waals surface area contributed by atoms with Crippen LogP contribution in [0, 0.1) is 0 Å². The Labute approximate surface area is 166 Å². The molecule has 0 aromatic carbocycles. The van der Waals surface area contributed by atoms with E-state index in [1.54, 1.807) is 0 Å². The van der Waals surface area contributed by atoms with Crippen LogP contribution >= 0.6 is 0 Å². The molecule has 0 radical (unpaired) electrons. The van der Waals surface area contributed by atoms with Gasteiger partial charge >= 0.3 is 11.9 Å². The molecule has 0 fully saturated rings. The number of aryl methyl sites for hydroxylation is 1. The maximum atomic E-state index is 11.9. The van der Waals surface area contributed by atoms with Gasteiger partial charge in [-0.3, -0.25) is 9.59 Å². The molecule has 0 aliphatic carbocycles. The molecule has 2 aromatic rings. The van der Waals surface area contributed by atoms with E-state index < -0.39 is 18.0 Å². The first-order valence-corrected chi connectivity index (χ1v) is 9.40. The molecule has 0 spiro atoms. The van der Waals surface area contributed by atoms with Crippen molar-refractivity contribution in [2.75, 3.05) is 11.5 Å². The summed E-state index contributed by atoms with van der Waals surface area (Å²) in [7, 11) is 0. The quantitative estimate of drug-likeness (QED) is 0.279. The number of nitrogen functional groups attached to an aromatic ring is 2. The molecule has 0 bridgehead atoms. The predicted molar refractivity (Wildman–Crippen MR) is 106 cm³/mol. The fourth-order valence-electron chi connectivity index (χ4n) is 3.09. The molecular weight excluding hydrogens is 380 g/mol. The number of nitrogens with zero attached hydrogens (tertiary/aromatic N) is 2. The Hall–Kier alpha value is -3.37. The van der Waals surface area contributed by atoms with E-state index in [1.165, 1.54) is 0 Å². The van der Waals surface area contributed by atoms with Crippen molar-refractivity contribution in [3.05, 3.63) is 11.8 Å². The number of nitrogens with one attached hydrogen (secondary N) is 2. The lowest BCUT2D eigenvalue weighted by Crippen LogP contribution is -2.41. The first-order valence-electron chi connectivity index (χ1n) is 9.40. The minimum Gasteiger partial charge on any atom is -0.481 e. The number of carboxylic acid groups (broad SMARTS) is 2. The average molecular weight is 406 g/mol. The molecule has 0 aliphatic heterocycles. The summed E-state index contributed by atoms with van der Waals surface area (Å²) in [4.78, 5) is 44.6. The Bertz CT molecular complexity index is 881. The van der Waals surface area contributed by atoms with Gasteiger partial charge in [0.25, 0.3) is 0 Å². The molecule has 0 unspecified atom stereocenters. The van der Waals surface area contributed by atoms with Gasteiger partial charge in [-0.05, 0) is 31.2 Å². The standard InChI is InChI=1S/C18H26N6O5/c19-15-14-10(9-21-16(14)24-18(20)23-15)5-3-1-2-4-6-12(25)22-11(17(28)29)7-8-13(26)27/h9,11H,1-8H2,(H,22,25)(H,26,27)(H,28,29)(H5,19,20,21,23,24)/t11-/m0/s1. The lowest BCUT2D eigenvalue weighted by molar-refractivity contribution is -0.143. The molecular formula is C18H26N6O5. The number of hydrogen-bond acceptors (Lipinski definition) is 7. The number of aromatic amines is 1. The molecule has 2 rings (SSSR count). The number of anilines is 2. The van der Waals surface area contributed by atoms with Crippen LogP contribution in [0.5, 0.6) is 0 Å². The number of H-pyrrole nitrogens is 1. The maximum Gasteiger partial charge on any atom is 0.326 e. The van der Waals surface area contributed by atoms with E-state index in [9.17, 15) is 14.4 Å². The van der Waals surface area contributed by atoms with E-state index in [0.29, 0.717) is 17.9 Å². The lowest BCUT2D eigenvalue weighted by Gasteiger charge is -2.13. The number of nitrogens with two attached hydrogens (primary N) is 2. The Morgan fingerprint density at radius 2 is 1.79 bits per heavy atom. The van der Waals surface area contributed by atoms with Crippen LogP contribution in [0.1, 0.15) is 50.5 Å². The van der Waals surface area contributed by atoms with Gasteiger partial charge in [-0.25, -0.2) is 4.79 Å². The number of unbranched alkanes of at least 4 members (excludes halogenated alkanes) is 3. The number of carbonyl (C=O) groups excluding carboxylic acids is 1. The second-order valence-electron chi connectivity index (χ2n) is 6.81. The highest BCUT2D eigenvalue weighted by atomic mass is 16.4. The van der Waals surface area contributed by atoms with Crippen molar-refractivity contribution < 1.29 is 24.6 Å². The van der Waals surface area contributed by atoms with Gasteiger partial charge in [-0.15, -0.1) is 0 Å². The summed E-state index contributed by atoms with van der Waals surface area (Å²) in [6.45, 7) is 0. The van der Waals surface area contributed by atoms with Gasteiger partial charge in [-0.1, -0.05) is 12.8 Å². The molecule has 0 aliphatic rings. The molecule has 2 heterocycles. The van der Waals surface area contributed by atoms with E-state index in [4.69, 9.17) is 21.7 Å². The second-order valence-corrected chi connectivity index (χ2v) is 6.81. The number of fused-ring (bicyclic) bond motifs is 1. The third-order valence-electron chi connectivity index (χ3n) is 4.54. The van der Waals surface area contributed by atoms with Gasteiger partial charge in [0.2, 0.25) is 11.9 Å². The van der Waals surface area contributed by atoms with Gasteiger partial charge in [0.15, 0.2) is 0 Å². The number of hydrogen-bond donors (Lipinski definition) is 6. The fraction of sp³-hybridized carbons (Fsp3) is 0.500. The number of carboxylic acids is 2. The summed E-state index contributed by atoms with van der Waals surface area (Å²) in [6, 6.07) is -1.18. The summed E-state index contributed by atoms with van der Waals surface area (Å²) in [6.07, 6.45) is 5.56. The second kappa shape index (κ2) is 10.2. The maximum absolute atomic E-state index is 11.9. The minimum atomic E-state index is -1.23. The van der Waals surface area contributed by atoms with Crippen LogP contribution < -0.4 is 16.8 Å². The number of amides is 1. The van der Waals surface area contributed by atoms with Crippen molar-refractivity contribution in [2.45, 2.75) is 57.4 Å². The minimum absolute atomic E-state index is 0.120. The molecule has 0 saturated carbocycles. The van der Waals surface area contributed by atoms with Crippen LogP contribution in [0.2, 0.25) is 0 Å². The first-order chi connectivity index (χ1) is 13.8. The zero-order valence-corrected chi connectivity index (χ0v) is 16.0. The number of aliphatic carboxylic acids is 2. The first kappa shape index (κ1) is 21.9. The Kier molecular flexibility index (Phi) is 7.75. The van der Waals surface area contributed by atoms with Crippen molar-refractivity contribution in [1.29, 1.82) is 0 Å². The number of rotatable bonds is 12. The molecule has 11 nitrogen and oxygen atoms in total. The summed E-state index contributed by atoms with van der Waals surface area (Å²) in [5, 5.41) is 20.8. The van der Waals surface area contributed by atoms with Crippen LogP contribution in [-0.2, 0) is 20.8 Å². The van der Waals surface area contributed by atoms with Crippen LogP contribution in [0.4, 0.5) is 11.8 Å². The SMILES string of the molecule is Nc1nc(N)c2c(CCCCCCC(=O)N[C@@H](CCC(=O)O)C(=O)O)c[nH]c2n1. The van der Waals surface area contributed by atoms with Crippen molar-refractivity contribution >= 4 is 40.6 Å². The van der Waals surface area contributed by atoms with E-state index in [-0.39, 0.29) is 31.1 Å². The number of aromatic nitrogens is 3. The monoisotopic (exact) mass is 406 g/mol. The van der Waals surface area contributed by atoms with Gasteiger partial charge in [0, 0.05) is 19.0 Å². The van der Waals surface area contributed by atoms with Crippen molar-refractivity contribution in [3.8, 4) is 0 Å². The molecule has 1 atom stereocenters. The van der Waals surface area contributed by atoms with Crippen LogP contribution in [-0.4, -0.2) is 49.1 Å². The smallest absolute Gasteiger partial charge is 0.326 e. The van der Waals surface area contributed by atoms with Gasteiger partial charge < -0.3 is 32.0 Å². The molecule has 8 N–H and O–H groups in total.